The number of ether oxygens (including phenoxy) is 2. The Labute approximate surface area is 110 Å². The normalized spacial score (nSPS) is 8.76. The van der Waals surface area contributed by atoms with E-state index in [2.05, 4.69) is 14.6 Å². The summed E-state index contributed by atoms with van der Waals surface area (Å²) in [4.78, 5) is 21.0. The predicted molar refractivity (Wildman–Crippen MR) is 66.9 cm³/mol. The molecule has 0 aliphatic rings. The Morgan fingerprint density at radius 3 is 2.94 bits per heavy atom. The van der Waals surface area contributed by atoms with E-state index in [1.165, 1.54) is 18.2 Å². The van der Waals surface area contributed by atoms with Crippen LogP contribution in [0.25, 0.3) is 0 Å². The highest BCUT2D eigenvalue weighted by Crippen LogP contribution is 2.19. The van der Waals surface area contributed by atoms with Crippen molar-refractivity contribution in [1.29, 1.82) is 0 Å². The highest BCUT2D eigenvalue weighted by atomic mass is 127. The van der Waals surface area contributed by atoms with Gasteiger partial charge in [0.05, 0.1) is 11.0 Å². The first-order chi connectivity index (χ1) is 8.13. The van der Waals surface area contributed by atoms with Crippen molar-refractivity contribution in [2.75, 3.05) is 6.61 Å². The largest absolute Gasteiger partial charge is 0.514 e. The lowest BCUT2D eigenvalue weighted by atomic mass is 10.3. The molecule has 0 fully saturated rings. The van der Waals surface area contributed by atoms with Crippen molar-refractivity contribution in [2.24, 2.45) is 0 Å². The molecule has 0 bridgehead atoms. The molecule has 88 valence electrons. The van der Waals surface area contributed by atoms with Gasteiger partial charge in [-0.1, -0.05) is 12.0 Å². The van der Waals surface area contributed by atoms with E-state index in [-0.39, 0.29) is 18.0 Å². The van der Waals surface area contributed by atoms with E-state index in [9.17, 15) is 14.9 Å². The first kappa shape index (κ1) is 13.2. The van der Waals surface area contributed by atoms with Crippen LogP contribution in [0.4, 0.5) is 10.5 Å². The fourth-order valence-corrected chi connectivity index (χ4v) is 1.06. The monoisotopic (exact) mass is 347 g/mol. The molecule has 1 aromatic carbocycles. The van der Waals surface area contributed by atoms with Gasteiger partial charge in [-0.15, -0.1) is 0 Å². The zero-order valence-corrected chi connectivity index (χ0v) is 10.5. The second-order valence-electron chi connectivity index (χ2n) is 2.67. The Morgan fingerprint density at radius 1 is 1.53 bits per heavy atom. The van der Waals surface area contributed by atoms with Crippen molar-refractivity contribution in [3.05, 3.63) is 34.4 Å². The summed E-state index contributed by atoms with van der Waals surface area (Å²) in [6.45, 7) is -0.0866. The maximum Gasteiger partial charge on any atom is 0.514 e. The Balaban J connectivity index is 2.61. The third-order valence-corrected chi connectivity index (χ3v) is 1.94. The number of halogens is 1. The second-order valence-corrected chi connectivity index (χ2v) is 3.21. The van der Waals surface area contributed by atoms with Gasteiger partial charge in [-0.05, 0) is 9.99 Å². The van der Waals surface area contributed by atoms with Crippen LogP contribution in [0.15, 0.2) is 24.3 Å². The van der Waals surface area contributed by atoms with Crippen molar-refractivity contribution in [3.63, 3.8) is 0 Å². The predicted octanol–water partition coefficient (Wildman–Crippen LogP) is 2.51. The van der Waals surface area contributed by atoms with Crippen LogP contribution in [0.1, 0.15) is 0 Å². The first-order valence-electron chi connectivity index (χ1n) is 4.31. The lowest BCUT2D eigenvalue weighted by Gasteiger charge is -2.02. The van der Waals surface area contributed by atoms with Gasteiger partial charge in [0.1, 0.15) is 5.75 Å². The van der Waals surface area contributed by atoms with Crippen LogP contribution in [-0.2, 0) is 4.74 Å². The number of nitro benzene ring substituents is 1. The van der Waals surface area contributed by atoms with Crippen LogP contribution in [-0.4, -0.2) is 17.7 Å². The van der Waals surface area contributed by atoms with Gasteiger partial charge in [-0.25, -0.2) is 4.79 Å². The average Bonchev–Trinajstić information content (AvgIpc) is 2.29. The third kappa shape index (κ3) is 4.69. The quantitative estimate of drug-likeness (QED) is 0.210. The molecule has 0 radical (unpaired) electrons. The van der Waals surface area contributed by atoms with Gasteiger partial charge in [0.15, 0.2) is 6.61 Å². The van der Waals surface area contributed by atoms with E-state index in [4.69, 9.17) is 4.74 Å². The first-order valence-corrected chi connectivity index (χ1v) is 5.39. The summed E-state index contributed by atoms with van der Waals surface area (Å²) in [5.41, 5.74) is -0.164. The van der Waals surface area contributed by atoms with Crippen LogP contribution in [0.2, 0.25) is 0 Å². The minimum Gasteiger partial charge on any atom is -0.421 e. The molecule has 0 saturated carbocycles. The number of hydrogen-bond donors (Lipinski definition) is 0. The molecule has 7 heteroatoms. The molecule has 0 N–H and O–H groups in total. The Morgan fingerprint density at radius 2 is 2.29 bits per heavy atom. The maximum atomic E-state index is 11.1. The zero-order valence-electron chi connectivity index (χ0n) is 8.38. The lowest BCUT2D eigenvalue weighted by molar-refractivity contribution is -0.384. The molecule has 0 heterocycles. The number of nitro groups is 1. The van der Waals surface area contributed by atoms with E-state index in [1.807, 2.05) is 0 Å². The number of nitrogens with zero attached hydrogens (tertiary/aromatic N) is 1. The molecular weight excluding hydrogens is 341 g/mol. The van der Waals surface area contributed by atoms with E-state index in [0.717, 1.165) is 6.07 Å². The Hall–Kier alpha value is -1.82. The SMILES string of the molecule is O=C(OCC#CI)Oc1cccc([N+](=O)[O-])c1. The molecule has 0 aromatic heterocycles. The number of hydrogen-bond acceptors (Lipinski definition) is 5. The summed E-state index contributed by atoms with van der Waals surface area (Å²) in [5, 5.41) is 10.5. The fraction of sp³-hybridized carbons (Fsp3) is 0.100. The van der Waals surface area contributed by atoms with Gasteiger partial charge >= 0.3 is 6.16 Å². The molecule has 0 aliphatic carbocycles. The zero-order chi connectivity index (χ0) is 12.7. The van der Waals surface area contributed by atoms with Gasteiger partial charge < -0.3 is 9.47 Å². The maximum absolute atomic E-state index is 11.1. The highest BCUT2D eigenvalue weighted by molar-refractivity contribution is 14.1. The van der Waals surface area contributed by atoms with Crippen molar-refractivity contribution in [1.82, 2.24) is 0 Å². The number of benzene rings is 1. The molecule has 0 spiro atoms. The number of carbonyl (C=O) groups is 1. The number of rotatable bonds is 3. The summed E-state index contributed by atoms with van der Waals surface area (Å²) in [6, 6.07) is 5.24. The van der Waals surface area contributed by atoms with E-state index in [1.54, 1.807) is 22.6 Å². The van der Waals surface area contributed by atoms with Gasteiger partial charge in [0.2, 0.25) is 0 Å². The molecular formula is C10H6INO5. The summed E-state index contributed by atoms with van der Waals surface area (Å²) in [7, 11) is 0. The van der Waals surface area contributed by atoms with Crippen LogP contribution in [0.5, 0.6) is 5.75 Å². The van der Waals surface area contributed by atoms with Crippen LogP contribution < -0.4 is 4.74 Å². The minimum atomic E-state index is -0.954. The summed E-state index contributed by atoms with van der Waals surface area (Å²) in [6.07, 6.45) is -0.954. The molecule has 6 nitrogen and oxygen atoms in total. The summed E-state index contributed by atoms with van der Waals surface area (Å²) >= 11 is 1.80. The number of carbonyl (C=O) groups excluding carboxylic acids is 1. The molecule has 1 rings (SSSR count). The van der Waals surface area contributed by atoms with E-state index in [0.29, 0.717) is 0 Å². The van der Waals surface area contributed by atoms with Crippen molar-refractivity contribution in [3.8, 4) is 15.6 Å². The molecule has 0 saturated heterocycles. The molecule has 0 unspecified atom stereocenters. The molecule has 1 aromatic rings. The molecule has 0 atom stereocenters. The number of non-ortho nitro benzene ring substituents is 1. The minimum absolute atomic E-state index is 0.0478. The van der Waals surface area contributed by atoms with Crippen LogP contribution in [0, 0.1) is 20.0 Å². The van der Waals surface area contributed by atoms with Crippen molar-refractivity contribution < 1.29 is 19.2 Å². The fourth-order valence-electron chi connectivity index (χ4n) is 0.909. The standard InChI is InChI=1S/C10H6INO5/c11-5-2-6-16-10(13)17-9-4-1-3-8(7-9)12(14)15/h1,3-4,7H,6H2. The smallest absolute Gasteiger partial charge is 0.421 e. The van der Waals surface area contributed by atoms with E-state index >= 15 is 0 Å². The molecule has 0 aliphatic heterocycles. The van der Waals surface area contributed by atoms with Gasteiger partial charge in [-0.3, -0.25) is 10.1 Å². The molecule has 17 heavy (non-hydrogen) atoms. The highest BCUT2D eigenvalue weighted by Gasteiger charge is 2.10. The van der Waals surface area contributed by atoms with Crippen LogP contribution in [0.3, 0.4) is 0 Å². The second kappa shape index (κ2) is 6.70. The van der Waals surface area contributed by atoms with Crippen molar-refractivity contribution >= 4 is 34.4 Å². The van der Waals surface area contributed by atoms with Gasteiger partial charge in [-0.2, -0.15) is 0 Å². The third-order valence-electron chi connectivity index (χ3n) is 1.56. The Kier molecular flexibility index (Phi) is 5.22. The summed E-state index contributed by atoms with van der Waals surface area (Å²) < 4.78 is 11.8. The lowest BCUT2D eigenvalue weighted by Crippen LogP contribution is -2.10. The average molecular weight is 347 g/mol. The van der Waals surface area contributed by atoms with Gasteiger partial charge in [0.25, 0.3) is 5.69 Å². The Bertz CT molecular complexity index is 491. The topological polar surface area (TPSA) is 78.7 Å². The van der Waals surface area contributed by atoms with Crippen molar-refractivity contribution in [2.45, 2.75) is 0 Å². The summed E-state index contributed by atoms with van der Waals surface area (Å²) in [5.74, 6) is 2.55. The van der Waals surface area contributed by atoms with E-state index < -0.39 is 11.1 Å². The van der Waals surface area contributed by atoms with Crippen LogP contribution >= 0.6 is 22.6 Å². The van der Waals surface area contributed by atoms with Gasteiger partial charge in [0, 0.05) is 28.7 Å². The molecule has 0 amide bonds.